The molecule has 2 aromatic heterocycles. The molecule has 2 heterocycles. The van der Waals surface area contributed by atoms with E-state index in [0.717, 1.165) is 20.6 Å². The first-order valence-electron chi connectivity index (χ1n) is 13.9. The smallest absolute Gasteiger partial charge is 0.282 e. The Morgan fingerprint density at radius 2 is 1.71 bits per heavy atom. The SMILES string of the molecule is O=C(COc1ccc2ccccc2c1C=Nn1c(-c2cc3cc(Br)ccc3o2)nc2ccccc2c1=O)Nc1ccccc1F. The minimum Gasteiger partial charge on any atom is -0.483 e. The summed E-state index contributed by atoms with van der Waals surface area (Å²) in [6.45, 7) is -0.384. The van der Waals surface area contributed by atoms with E-state index in [4.69, 9.17) is 14.1 Å². The lowest BCUT2D eigenvalue weighted by Gasteiger charge is -2.13. The van der Waals surface area contributed by atoms with E-state index in [1.807, 2.05) is 60.7 Å². The highest BCUT2D eigenvalue weighted by molar-refractivity contribution is 9.10. The Balaban J connectivity index is 1.31. The number of aromatic nitrogens is 2. The third-order valence-electron chi connectivity index (χ3n) is 7.19. The number of nitrogens with one attached hydrogen (secondary N) is 1. The largest absolute Gasteiger partial charge is 0.483 e. The predicted octanol–water partition coefficient (Wildman–Crippen LogP) is 7.76. The van der Waals surface area contributed by atoms with Crippen molar-refractivity contribution in [3.63, 3.8) is 0 Å². The lowest BCUT2D eigenvalue weighted by Crippen LogP contribution is -2.21. The fourth-order valence-corrected chi connectivity index (χ4v) is 5.44. The molecule has 0 spiro atoms. The number of nitrogens with zero attached hydrogens (tertiary/aromatic N) is 3. The van der Waals surface area contributed by atoms with Crippen LogP contribution in [-0.2, 0) is 4.79 Å². The van der Waals surface area contributed by atoms with Crippen molar-refractivity contribution in [2.45, 2.75) is 0 Å². The van der Waals surface area contributed by atoms with Crippen LogP contribution < -0.4 is 15.6 Å². The Morgan fingerprint density at radius 1 is 0.933 bits per heavy atom. The Kier molecular flexibility index (Phi) is 7.40. The Bertz CT molecular complexity index is 2350. The van der Waals surface area contributed by atoms with E-state index < -0.39 is 11.7 Å². The van der Waals surface area contributed by atoms with Crippen molar-refractivity contribution in [3.05, 3.63) is 135 Å². The normalized spacial score (nSPS) is 11.5. The lowest BCUT2D eigenvalue weighted by atomic mass is 10.0. The van der Waals surface area contributed by atoms with Crippen LogP contribution in [0.2, 0.25) is 0 Å². The van der Waals surface area contributed by atoms with Gasteiger partial charge in [-0.3, -0.25) is 9.59 Å². The molecule has 0 unspecified atom stereocenters. The average molecular weight is 661 g/mol. The number of ether oxygens (including phenoxy) is 1. The maximum absolute atomic E-state index is 14.1. The van der Waals surface area contributed by atoms with Gasteiger partial charge < -0.3 is 14.5 Å². The minimum atomic E-state index is -0.549. The third kappa shape index (κ3) is 5.59. The summed E-state index contributed by atoms with van der Waals surface area (Å²) in [5, 5.41) is 10.0. The number of furan rings is 1. The maximum atomic E-state index is 14.1. The van der Waals surface area contributed by atoms with Crippen molar-refractivity contribution >= 4 is 66.4 Å². The zero-order valence-corrected chi connectivity index (χ0v) is 25.0. The first-order chi connectivity index (χ1) is 21.9. The van der Waals surface area contributed by atoms with Crippen LogP contribution in [0, 0.1) is 5.82 Å². The van der Waals surface area contributed by atoms with Crippen LogP contribution in [0.1, 0.15) is 5.56 Å². The number of rotatable bonds is 7. The van der Waals surface area contributed by atoms with Crippen molar-refractivity contribution in [1.82, 2.24) is 9.66 Å². The number of amides is 1. The van der Waals surface area contributed by atoms with E-state index in [2.05, 4.69) is 26.3 Å². The maximum Gasteiger partial charge on any atom is 0.282 e. The van der Waals surface area contributed by atoms with Crippen LogP contribution in [0.4, 0.5) is 10.1 Å². The van der Waals surface area contributed by atoms with Crippen molar-refractivity contribution in [2.75, 3.05) is 11.9 Å². The number of benzene rings is 5. The molecule has 45 heavy (non-hydrogen) atoms. The summed E-state index contributed by atoms with van der Waals surface area (Å²) in [6, 6.07) is 31.5. The summed E-state index contributed by atoms with van der Waals surface area (Å²) in [7, 11) is 0. The van der Waals surface area contributed by atoms with Crippen molar-refractivity contribution in [1.29, 1.82) is 0 Å². The standard InChI is InChI=1S/C35H22BrFN4O4/c36-23-14-16-30-22(17-23)18-32(45-30)34-40-28-11-5-3-9-25(28)35(43)41(34)38-19-26-24-8-2-1-7-21(24)13-15-31(26)44-20-33(42)39-29-12-6-4-10-27(29)37/h1-19H,20H2,(H,39,42). The number of fused-ring (bicyclic) bond motifs is 3. The molecule has 10 heteroatoms. The van der Waals surface area contributed by atoms with E-state index in [0.29, 0.717) is 33.6 Å². The highest BCUT2D eigenvalue weighted by Gasteiger charge is 2.18. The van der Waals surface area contributed by atoms with Crippen LogP contribution in [0.15, 0.2) is 128 Å². The van der Waals surface area contributed by atoms with Crippen LogP contribution in [0.25, 0.3) is 44.2 Å². The second kappa shape index (κ2) is 11.8. The zero-order chi connectivity index (χ0) is 30.9. The summed E-state index contributed by atoms with van der Waals surface area (Å²) in [4.78, 5) is 31.2. The molecule has 0 aliphatic rings. The number of hydrogen-bond donors (Lipinski definition) is 1. The van der Waals surface area contributed by atoms with Crippen LogP contribution in [0.3, 0.4) is 0 Å². The van der Waals surface area contributed by atoms with Gasteiger partial charge in [0.1, 0.15) is 17.1 Å². The molecule has 0 atom stereocenters. The van der Waals surface area contributed by atoms with E-state index in [1.54, 1.807) is 30.3 Å². The Labute approximate surface area is 263 Å². The van der Waals surface area contributed by atoms with E-state index in [9.17, 15) is 14.0 Å². The van der Waals surface area contributed by atoms with Crippen LogP contribution >= 0.6 is 15.9 Å². The van der Waals surface area contributed by atoms with Gasteiger partial charge in [0.15, 0.2) is 12.4 Å². The van der Waals surface area contributed by atoms with Gasteiger partial charge in [0.05, 0.1) is 22.8 Å². The number of hydrogen-bond acceptors (Lipinski definition) is 6. The van der Waals surface area contributed by atoms with Gasteiger partial charge in [-0.25, -0.2) is 9.37 Å². The van der Waals surface area contributed by atoms with Gasteiger partial charge in [-0.1, -0.05) is 70.5 Å². The predicted molar refractivity (Wildman–Crippen MR) is 176 cm³/mol. The zero-order valence-electron chi connectivity index (χ0n) is 23.4. The summed E-state index contributed by atoms with van der Waals surface area (Å²) >= 11 is 3.49. The summed E-state index contributed by atoms with van der Waals surface area (Å²) in [6.07, 6.45) is 1.51. The van der Waals surface area contributed by atoms with Gasteiger partial charge in [0, 0.05) is 15.4 Å². The van der Waals surface area contributed by atoms with E-state index in [-0.39, 0.29) is 23.7 Å². The highest BCUT2D eigenvalue weighted by atomic mass is 79.9. The van der Waals surface area contributed by atoms with Gasteiger partial charge in [0.25, 0.3) is 11.5 Å². The monoisotopic (exact) mass is 660 g/mol. The number of para-hydroxylation sites is 2. The second-order valence-corrected chi connectivity index (χ2v) is 11.0. The summed E-state index contributed by atoms with van der Waals surface area (Å²) in [5.41, 5.74) is 1.33. The van der Waals surface area contributed by atoms with Gasteiger partial charge in [0.2, 0.25) is 5.82 Å². The quantitative estimate of drug-likeness (QED) is 0.176. The van der Waals surface area contributed by atoms with Gasteiger partial charge >= 0.3 is 0 Å². The molecule has 0 aliphatic heterocycles. The molecule has 1 amide bonds. The minimum absolute atomic E-state index is 0.0556. The van der Waals surface area contributed by atoms with Gasteiger partial charge in [-0.2, -0.15) is 9.78 Å². The average Bonchev–Trinajstić information content (AvgIpc) is 3.47. The van der Waals surface area contributed by atoms with Crippen LogP contribution in [0.5, 0.6) is 5.75 Å². The molecule has 0 fully saturated rings. The first kappa shape index (κ1) is 28.2. The van der Waals surface area contributed by atoms with Crippen molar-refractivity contribution in [2.24, 2.45) is 5.10 Å². The molecule has 1 N–H and O–H groups in total. The first-order valence-corrected chi connectivity index (χ1v) is 14.7. The van der Waals surface area contributed by atoms with Crippen molar-refractivity contribution in [3.8, 4) is 17.3 Å². The molecule has 0 saturated carbocycles. The lowest BCUT2D eigenvalue weighted by molar-refractivity contribution is -0.118. The molecule has 0 aliphatic carbocycles. The van der Waals surface area contributed by atoms with E-state index in [1.165, 1.54) is 29.1 Å². The van der Waals surface area contributed by atoms with Gasteiger partial charge in [-0.15, -0.1) is 0 Å². The fraction of sp³-hybridized carbons (Fsp3) is 0.0286. The van der Waals surface area contributed by atoms with Crippen LogP contribution in [-0.4, -0.2) is 28.4 Å². The fourth-order valence-electron chi connectivity index (χ4n) is 5.06. The third-order valence-corrected chi connectivity index (χ3v) is 7.69. The molecule has 7 rings (SSSR count). The molecule has 7 aromatic rings. The second-order valence-electron chi connectivity index (χ2n) is 10.1. The molecular weight excluding hydrogens is 639 g/mol. The summed E-state index contributed by atoms with van der Waals surface area (Å²) in [5.74, 6) is -0.161. The molecule has 0 bridgehead atoms. The summed E-state index contributed by atoms with van der Waals surface area (Å²) < 4.78 is 28.2. The molecule has 0 saturated heterocycles. The van der Waals surface area contributed by atoms with E-state index >= 15 is 0 Å². The Morgan fingerprint density at radius 3 is 2.58 bits per heavy atom. The van der Waals surface area contributed by atoms with Crippen molar-refractivity contribution < 1.29 is 18.3 Å². The Hall–Kier alpha value is -5.61. The number of halogens is 2. The highest BCUT2D eigenvalue weighted by Crippen LogP contribution is 2.30. The number of anilines is 1. The topological polar surface area (TPSA) is 98.7 Å². The number of carbonyl (C=O) groups is 1. The molecule has 0 radical (unpaired) electrons. The number of carbonyl (C=O) groups excluding carboxylic acids is 1. The molecular formula is C35H22BrFN4O4. The van der Waals surface area contributed by atoms with Gasteiger partial charge in [-0.05, 0) is 65.4 Å². The molecule has 8 nitrogen and oxygen atoms in total. The molecule has 220 valence electrons. The molecule has 5 aromatic carbocycles.